The van der Waals surface area contributed by atoms with Gasteiger partial charge in [0.1, 0.15) is 5.75 Å². The van der Waals surface area contributed by atoms with Crippen molar-refractivity contribution >= 4 is 48.9 Å². The lowest BCUT2D eigenvalue weighted by Gasteiger charge is -2.33. The van der Waals surface area contributed by atoms with Gasteiger partial charge < -0.3 is 9.64 Å². The van der Waals surface area contributed by atoms with Crippen molar-refractivity contribution in [1.29, 1.82) is 0 Å². The van der Waals surface area contributed by atoms with Crippen molar-refractivity contribution in [3.05, 3.63) is 22.5 Å². The molecule has 0 bridgehead atoms. The van der Waals surface area contributed by atoms with E-state index in [2.05, 4.69) is 23.4 Å². The molecule has 0 N–H and O–H groups in total. The zero-order valence-corrected chi connectivity index (χ0v) is 15.5. The predicted molar refractivity (Wildman–Crippen MR) is 100 cm³/mol. The number of hydrogen-bond acceptors (Lipinski definition) is 5. The molecule has 1 unspecified atom stereocenters. The molecule has 0 spiro atoms. The van der Waals surface area contributed by atoms with Gasteiger partial charge >= 0.3 is 0 Å². The number of nitrogens with zero attached hydrogens (tertiary/aromatic N) is 2. The minimum atomic E-state index is 0.0890. The van der Waals surface area contributed by atoms with Gasteiger partial charge in [-0.05, 0) is 44.6 Å². The lowest BCUT2D eigenvalue weighted by atomic mass is 10.0. The summed E-state index contributed by atoms with van der Waals surface area (Å²) in [4.78, 5) is 19.1. The molecule has 0 radical (unpaired) electrons. The Morgan fingerprint density at radius 1 is 1.46 bits per heavy atom. The van der Waals surface area contributed by atoms with Crippen LogP contribution < -0.4 is 4.74 Å². The maximum Gasteiger partial charge on any atom is 0.260 e. The van der Waals surface area contributed by atoms with Crippen LogP contribution in [0.5, 0.6) is 5.75 Å². The fraction of sp³-hybridized carbons (Fsp3) is 0.444. The van der Waals surface area contributed by atoms with Gasteiger partial charge in [-0.2, -0.15) is 0 Å². The summed E-state index contributed by atoms with van der Waals surface area (Å²) in [5.41, 5.74) is 1.05. The molecular formula is C18H20N2O2S2. The Kier molecular flexibility index (Phi) is 4.18. The van der Waals surface area contributed by atoms with Gasteiger partial charge in [-0.25, -0.2) is 4.98 Å². The highest BCUT2D eigenvalue weighted by Gasteiger charge is 2.23. The van der Waals surface area contributed by atoms with Gasteiger partial charge in [0.25, 0.3) is 5.91 Å². The molecular weight excluding hydrogens is 340 g/mol. The molecule has 1 aliphatic heterocycles. The summed E-state index contributed by atoms with van der Waals surface area (Å²) in [6, 6.07) is 4.40. The summed E-state index contributed by atoms with van der Waals surface area (Å²) < 4.78 is 8.22. The third kappa shape index (κ3) is 2.78. The Morgan fingerprint density at radius 3 is 3.17 bits per heavy atom. The second-order valence-electron chi connectivity index (χ2n) is 6.34. The molecule has 3 heterocycles. The van der Waals surface area contributed by atoms with E-state index in [0.717, 1.165) is 50.4 Å². The fourth-order valence-corrected chi connectivity index (χ4v) is 5.23. The van der Waals surface area contributed by atoms with E-state index in [9.17, 15) is 4.79 Å². The van der Waals surface area contributed by atoms with Gasteiger partial charge in [0.2, 0.25) is 0 Å². The van der Waals surface area contributed by atoms with Crippen LogP contribution in [0, 0.1) is 6.92 Å². The Morgan fingerprint density at radius 2 is 2.33 bits per heavy atom. The predicted octanol–water partition coefficient (Wildman–Crippen LogP) is 4.60. The summed E-state index contributed by atoms with van der Waals surface area (Å²) >= 11 is 3.34. The van der Waals surface area contributed by atoms with Crippen LogP contribution in [0.15, 0.2) is 17.5 Å². The molecule has 0 aliphatic carbocycles. The monoisotopic (exact) mass is 360 g/mol. The van der Waals surface area contributed by atoms with Crippen molar-refractivity contribution in [3.63, 3.8) is 0 Å². The number of likely N-dealkylation sites (tertiary alicyclic amines) is 1. The number of hydrogen-bond donors (Lipinski definition) is 0. The maximum absolute atomic E-state index is 12.5. The minimum Gasteiger partial charge on any atom is -0.483 e. The largest absolute Gasteiger partial charge is 0.483 e. The van der Waals surface area contributed by atoms with Crippen LogP contribution in [-0.2, 0) is 4.79 Å². The van der Waals surface area contributed by atoms with Crippen LogP contribution in [0.1, 0.15) is 31.2 Å². The Bertz CT molecular complexity index is 899. The Hall–Kier alpha value is -1.66. The molecule has 1 aromatic carbocycles. The number of thiophene rings is 1. The fourth-order valence-electron chi connectivity index (χ4n) is 3.40. The second-order valence-corrected chi connectivity index (χ2v) is 8.49. The van der Waals surface area contributed by atoms with E-state index in [1.165, 1.54) is 6.42 Å². The Labute approximate surface area is 149 Å². The molecule has 4 nitrogen and oxygen atoms in total. The molecule has 0 saturated carbocycles. The zero-order chi connectivity index (χ0) is 16.7. The topological polar surface area (TPSA) is 42.4 Å². The quantitative estimate of drug-likeness (QED) is 0.685. The minimum absolute atomic E-state index is 0.0890. The van der Waals surface area contributed by atoms with Crippen molar-refractivity contribution in [2.45, 2.75) is 39.2 Å². The van der Waals surface area contributed by atoms with Crippen LogP contribution in [0.25, 0.3) is 20.3 Å². The van der Waals surface area contributed by atoms with Crippen molar-refractivity contribution < 1.29 is 9.53 Å². The van der Waals surface area contributed by atoms with E-state index >= 15 is 0 Å². The molecule has 24 heavy (non-hydrogen) atoms. The van der Waals surface area contributed by atoms with Crippen LogP contribution in [0.2, 0.25) is 0 Å². The van der Waals surface area contributed by atoms with Gasteiger partial charge in [-0.3, -0.25) is 4.79 Å². The summed E-state index contributed by atoms with van der Waals surface area (Å²) in [7, 11) is 0. The molecule has 1 aliphatic rings. The number of carbonyl (C=O) groups is 1. The first kappa shape index (κ1) is 15.8. The van der Waals surface area contributed by atoms with Gasteiger partial charge in [-0.15, -0.1) is 22.7 Å². The molecule has 6 heteroatoms. The average molecular weight is 361 g/mol. The van der Waals surface area contributed by atoms with Crippen LogP contribution >= 0.6 is 22.7 Å². The zero-order valence-electron chi connectivity index (χ0n) is 13.9. The van der Waals surface area contributed by atoms with E-state index in [-0.39, 0.29) is 12.5 Å². The third-order valence-corrected chi connectivity index (χ3v) is 6.48. The van der Waals surface area contributed by atoms with E-state index in [4.69, 9.17) is 4.74 Å². The molecule has 1 amide bonds. The summed E-state index contributed by atoms with van der Waals surface area (Å²) in [5, 5.41) is 4.16. The number of fused-ring (bicyclic) bond motifs is 3. The number of piperidine rings is 1. The van der Waals surface area contributed by atoms with Gasteiger partial charge in [0.05, 0.1) is 19.9 Å². The first-order valence-electron chi connectivity index (χ1n) is 8.33. The molecule has 126 valence electrons. The van der Waals surface area contributed by atoms with Gasteiger partial charge in [-0.1, -0.05) is 0 Å². The smallest absolute Gasteiger partial charge is 0.260 e. The highest BCUT2D eigenvalue weighted by molar-refractivity contribution is 7.21. The lowest BCUT2D eigenvalue weighted by Crippen LogP contribution is -2.44. The first-order chi connectivity index (χ1) is 11.6. The number of ether oxygens (including phenoxy) is 1. The molecule has 4 rings (SSSR count). The van der Waals surface area contributed by atoms with Gasteiger partial charge in [0.15, 0.2) is 6.61 Å². The van der Waals surface area contributed by atoms with Crippen LogP contribution in [0.3, 0.4) is 0 Å². The Balaban J connectivity index is 1.59. The van der Waals surface area contributed by atoms with Crippen molar-refractivity contribution in [2.24, 2.45) is 0 Å². The molecule has 1 atom stereocenters. The molecule has 3 aromatic rings. The first-order valence-corrected chi connectivity index (χ1v) is 10.0. The van der Waals surface area contributed by atoms with Crippen LogP contribution in [-0.4, -0.2) is 35.0 Å². The maximum atomic E-state index is 12.5. The second kappa shape index (κ2) is 6.33. The highest BCUT2D eigenvalue weighted by atomic mass is 32.1. The van der Waals surface area contributed by atoms with Gasteiger partial charge in [0, 0.05) is 24.0 Å². The van der Waals surface area contributed by atoms with Crippen LogP contribution in [0.4, 0.5) is 0 Å². The normalized spacial score (nSPS) is 18.4. The number of benzene rings is 1. The molecule has 1 fully saturated rings. The van der Waals surface area contributed by atoms with Crippen molar-refractivity contribution in [3.8, 4) is 5.75 Å². The highest BCUT2D eigenvalue weighted by Crippen LogP contribution is 2.38. The molecule has 1 saturated heterocycles. The summed E-state index contributed by atoms with van der Waals surface area (Å²) in [6.07, 6.45) is 3.40. The summed E-state index contributed by atoms with van der Waals surface area (Å²) in [5.74, 6) is 0.881. The van der Waals surface area contributed by atoms with E-state index < -0.39 is 0 Å². The number of aryl methyl sites for hydroxylation is 1. The van der Waals surface area contributed by atoms with E-state index in [1.54, 1.807) is 22.7 Å². The number of amides is 1. The third-order valence-electron chi connectivity index (χ3n) is 4.64. The molecule has 2 aromatic heterocycles. The SMILES string of the molecule is Cc1nc2c(cc(OCC(=O)N3CCCCC3C)c3ccsc32)s1. The standard InChI is InChI=1S/C18H20N2O2S2/c1-11-5-3-4-7-20(11)16(21)10-22-14-9-15-17(19-12(2)24-15)18-13(14)6-8-23-18/h6,8-9,11H,3-5,7,10H2,1-2H3. The van der Waals surface area contributed by atoms with Crippen molar-refractivity contribution in [2.75, 3.05) is 13.2 Å². The number of rotatable bonds is 3. The number of aromatic nitrogens is 1. The van der Waals surface area contributed by atoms with Crippen molar-refractivity contribution in [1.82, 2.24) is 9.88 Å². The number of carbonyl (C=O) groups excluding carboxylic acids is 1. The lowest BCUT2D eigenvalue weighted by molar-refractivity contribution is -0.136. The van der Waals surface area contributed by atoms with E-state index in [1.807, 2.05) is 17.9 Å². The van der Waals surface area contributed by atoms with E-state index in [0.29, 0.717) is 6.04 Å². The average Bonchev–Trinajstić information content (AvgIpc) is 3.18. The summed E-state index contributed by atoms with van der Waals surface area (Å²) in [6.45, 7) is 5.11. The number of thiazole rings is 1.